The van der Waals surface area contributed by atoms with E-state index < -0.39 is 8.25 Å². The third-order valence-electron chi connectivity index (χ3n) is 4.89. The number of ether oxygens (including phenoxy) is 2. The molecule has 0 aromatic heterocycles. The Morgan fingerprint density at radius 3 is 1.70 bits per heavy atom. The number of aliphatic hydroxyl groups excluding tert-OH is 1. The molecular formula is C22H46O7P+. The lowest BCUT2D eigenvalue weighted by Crippen LogP contribution is -2.22. The predicted octanol–water partition coefficient (Wildman–Crippen LogP) is 5.08. The second kappa shape index (κ2) is 26.6. The quantitative estimate of drug-likeness (QED) is 0.164. The Hall–Kier alpha value is -0.430. The molecule has 0 aliphatic rings. The lowest BCUT2D eigenvalue weighted by molar-refractivity contribution is -0.119. The first-order valence-corrected chi connectivity index (χ1v) is 12.7. The van der Waals surface area contributed by atoms with Gasteiger partial charge in [0.05, 0.1) is 13.2 Å². The molecule has 0 saturated heterocycles. The normalized spacial score (nSPS) is 11.6. The largest absolute Gasteiger partial charge is 0.692 e. The Labute approximate surface area is 184 Å². The van der Waals surface area contributed by atoms with Gasteiger partial charge in [-0.3, -0.25) is 4.79 Å². The SMILES string of the molecule is CCCCCCC(=O)CCCCCCCCCCCOCC(CO)OC.O=[P+](O)O. The molecule has 8 heteroatoms. The molecule has 0 aromatic carbocycles. The molecule has 0 amide bonds. The first kappa shape index (κ1) is 31.8. The highest BCUT2D eigenvalue weighted by molar-refractivity contribution is 7.30. The first-order valence-electron chi connectivity index (χ1n) is 11.6. The molecule has 1 atom stereocenters. The zero-order valence-corrected chi connectivity index (χ0v) is 20.1. The average molecular weight is 454 g/mol. The van der Waals surface area contributed by atoms with Crippen LogP contribution in [-0.2, 0) is 18.8 Å². The number of hydrogen-bond acceptors (Lipinski definition) is 5. The molecule has 0 aromatic rings. The van der Waals surface area contributed by atoms with Crippen LogP contribution in [0.15, 0.2) is 0 Å². The molecule has 0 spiro atoms. The molecule has 0 heterocycles. The van der Waals surface area contributed by atoms with Crippen LogP contribution < -0.4 is 0 Å². The number of unbranched alkanes of at least 4 members (excludes halogenated alkanes) is 11. The van der Waals surface area contributed by atoms with Crippen molar-refractivity contribution in [1.29, 1.82) is 0 Å². The zero-order chi connectivity index (χ0) is 22.9. The van der Waals surface area contributed by atoms with Crippen LogP contribution in [0.2, 0.25) is 0 Å². The van der Waals surface area contributed by atoms with Crippen LogP contribution in [0, 0.1) is 0 Å². The van der Waals surface area contributed by atoms with Crippen molar-refractivity contribution in [3.8, 4) is 0 Å². The van der Waals surface area contributed by atoms with E-state index in [1.807, 2.05) is 0 Å². The van der Waals surface area contributed by atoms with Gasteiger partial charge >= 0.3 is 8.25 Å². The van der Waals surface area contributed by atoms with Gasteiger partial charge in [0, 0.05) is 31.1 Å². The molecular weight excluding hydrogens is 407 g/mol. The van der Waals surface area contributed by atoms with Crippen molar-refractivity contribution in [2.24, 2.45) is 0 Å². The van der Waals surface area contributed by atoms with Crippen LogP contribution in [0.5, 0.6) is 0 Å². The minimum atomic E-state index is -2.87. The second-order valence-corrected chi connectivity index (χ2v) is 8.15. The monoisotopic (exact) mass is 453 g/mol. The first-order chi connectivity index (χ1) is 14.5. The number of hydrogen-bond donors (Lipinski definition) is 3. The van der Waals surface area contributed by atoms with Gasteiger partial charge in [-0.05, 0) is 19.3 Å². The summed E-state index contributed by atoms with van der Waals surface area (Å²) in [5.74, 6) is 0.471. The smallest absolute Gasteiger partial charge is 0.394 e. The summed E-state index contributed by atoms with van der Waals surface area (Å²) in [5, 5.41) is 8.96. The van der Waals surface area contributed by atoms with E-state index in [1.165, 1.54) is 64.2 Å². The Bertz CT molecular complexity index is 372. The highest BCUT2D eigenvalue weighted by Crippen LogP contribution is 2.12. The highest BCUT2D eigenvalue weighted by Gasteiger charge is 2.04. The molecule has 180 valence electrons. The van der Waals surface area contributed by atoms with Gasteiger partial charge in [0.2, 0.25) is 0 Å². The molecule has 0 aliphatic heterocycles. The highest BCUT2D eigenvalue weighted by atomic mass is 31.1. The van der Waals surface area contributed by atoms with Crippen molar-refractivity contribution in [1.82, 2.24) is 0 Å². The van der Waals surface area contributed by atoms with Crippen molar-refractivity contribution in [3.05, 3.63) is 0 Å². The lowest BCUT2D eigenvalue weighted by atomic mass is 10.0. The van der Waals surface area contributed by atoms with E-state index >= 15 is 0 Å². The van der Waals surface area contributed by atoms with Gasteiger partial charge in [-0.25, -0.2) is 0 Å². The summed E-state index contributed by atoms with van der Waals surface area (Å²) in [4.78, 5) is 26.0. The number of rotatable bonds is 21. The third kappa shape index (κ3) is 29.8. The summed E-state index contributed by atoms with van der Waals surface area (Å²) < 4.78 is 19.2. The topological polar surface area (TPSA) is 113 Å². The van der Waals surface area contributed by atoms with Crippen molar-refractivity contribution >= 4 is 14.0 Å². The van der Waals surface area contributed by atoms with Crippen LogP contribution >= 0.6 is 8.25 Å². The van der Waals surface area contributed by atoms with Crippen LogP contribution in [0.4, 0.5) is 0 Å². The number of carbonyl (C=O) groups excluding carboxylic acids is 1. The zero-order valence-electron chi connectivity index (χ0n) is 19.2. The Kier molecular flexibility index (Phi) is 28.2. The Morgan fingerprint density at radius 1 is 0.833 bits per heavy atom. The molecule has 0 bridgehead atoms. The molecule has 30 heavy (non-hydrogen) atoms. The van der Waals surface area contributed by atoms with Gasteiger partial charge in [-0.15, -0.1) is 9.79 Å². The van der Waals surface area contributed by atoms with Crippen LogP contribution in [0.1, 0.15) is 103 Å². The number of carbonyl (C=O) groups is 1. The molecule has 0 rings (SSSR count). The maximum atomic E-state index is 11.7. The van der Waals surface area contributed by atoms with Crippen molar-refractivity contribution in [2.45, 2.75) is 109 Å². The van der Waals surface area contributed by atoms with Crippen LogP contribution in [0.25, 0.3) is 0 Å². The van der Waals surface area contributed by atoms with Crippen molar-refractivity contribution in [3.63, 3.8) is 0 Å². The fraction of sp³-hybridized carbons (Fsp3) is 0.955. The van der Waals surface area contributed by atoms with Crippen LogP contribution in [-0.4, -0.2) is 53.7 Å². The van der Waals surface area contributed by atoms with Gasteiger partial charge in [-0.1, -0.05) is 71.1 Å². The van der Waals surface area contributed by atoms with E-state index in [0.717, 1.165) is 38.7 Å². The van der Waals surface area contributed by atoms with E-state index in [9.17, 15) is 4.79 Å². The minimum Gasteiger partial charge on any atom is -0.394 e. The molecule has 7 nitrogen and oxygen atoms in total. The van der Waals surface area contributed by atoms with Crippen molar-refractivity contribution < 1.29 is 33.7 Å². The Balaban J connectivity index is 0. The van der Waals surface area contributed by atoms with E-state index in [4.69, 9.17) is 28.9 Å². The summed E-state index contributed by atoms with van der Waals surface area (Å²) in [6.45, 7) is 3.46. The van der Waals surface area contributed by atoms with E-state index in [1.54, 1.807) is 7.11 Å². The Morgan fingerprint density at radius 2 is 1.27 bits per heavy atom. The third-order valence-corrected chi connectivity index (χ3v) is 4.89. The number of aliphatic hydroxyl groups is 1. The van der Waals surface area contributed by atoms with E-state index in [-0.39, 0.29) is 12.7 Å². The fourth-order valence-electron chi connectivity index (χ4n) is 3.05. The predicted molar refractivity (Wildman–Crippen MR) is 121 cm³/mol. The second-order valence-electron chi connectivity index (χ2n) is 7.65. The van der Waals surface area contributed by atoms with Crippen molar-refractivity contribution in [2.75, 3.05) is 26.9 Å². The molecule has 0 fully saturated rings. The summed E-state index contributed by atoms with van der Waals surface area (Å²) in [6, 6.07) is 0. The summed E-state index contributed by atoms with van der Waals surface area (Å²) >= 11 is 0. The van der Waals surface area contributed by atoms with Gasteiger partial charge in [0.15, 0.2) is 0 Å². The molecule has 3 N–H and O–H groups in total. The maximum absolute atomic E-state index is 11.7. The molecule has 0 aliphatic carbocycles. The number of methoxy groups -OCH3 is 1. The molecule has 1 unspecified atom stereocenters. The molecule has 0 radical (unpaired) electrons. The summed E-state index contributed by atoms with van der Waals surface area (Å²) in [7, 11) is -1.28. The van der Waals surface area contributed by atoms with Gasteiger partial charge in [0.25, 0.3) is 0 Å². The average Bonchev–Trinajstić information content (AvgIpc) is 2.71. The van der Waals surface area contributed by atoms with Gasteiger partial charge in [0.1, 0.15) is 11.9 Å². The molecule has 0 saturated carbocycles. The van der Waals surface area contributed by atoms with E-state index in [2.05, 4.69) is 6.92 Å². The summed E-state index contributed by atoms with van der Waals surface area (Å²) in [6.07, 6.45) is 17.2. The maximum Gasteiger partial charge on any atom is 0.692 e. The summed E-state index contributed by atoms with van der Waals surface area (Å²) in [5.41, 5.74) is 0. The lowest BCUT2D eigenvalue weighted by Gasteiger charge is -2.12. The number of ketones is 1. The van der Waals surface area contributed by atoms with Gasteiger partial charge < -0.3 is 14.6 Å². The number of Topliss-reactive ketones (excluding diaryl/α,β-unsaturated/α-hetero) is 1. The van der Waals surface area contributed by atoms with Gasteiger partial charge in [-0.2, -0.15) is 0 Å². The minimum absolute atomic E-state index is 0.0175. The van der Waals surface area contributed by atoms with E-state index in [0.29, 0.717) is 12.4 Å². The van der Waals surface area contributed by atoms with Crippen LogP contribution in [0.3, 0.4) is 0 Å². The fourth-order valence-corrected chi connectivity index (χ4v) is 3.05. The standard InChI is InChI=1S/C22H44O4.HO3P/c1-3-4-5-13-16-21(24)17-14-11-9-7-6-8-10-12-15-18-26-20-22(19-23)25-2;1-4(2)3/h22-23H,3-20H2,1-2H3;(H-,1,2,3)/p+1.